The van der Waals surface area contributed by atoms with Gasteiger partial charge in [0.25, 0.3) is 0 Å². The highest BCUT2D eigenvalue weighted by Gasteiger charge is 2.46. The van der Waals surface area contributed by atoms with Crippen LogP contribution in [0.3, 0.4) is 0 Å². The molecule has 154 valence electrons. The standard InChI is InChI=1S/C22H30O6/c1-21(2,27)19(25)17(23)18(24)20(26)22(28,13-15-9-5-3-6-10-15)14-16-11-7-4-8-12-16/h3-12,17-20,23-28H,13-14H2,1-2H3/t17-,18-,19-,20+/m0/s1. The molecule has 0 saturated heterocycles. The van der Waals surface area contributed by atoms with E-state index < -0.39 is 35.6 Å². The highest BCUT2D eigenvalue weighted by atomic mass is 16.4. The average molecular weight is 390 g/mol. The first-order chi connectivity index (χ1) is 13.0. The van der Waals surface area contributed by atoms with E-state index in [4.69, 9.17) is 0 Å². The first-order valence-corrected chi connectivity index (χ1v) is 9.29. The van der Waals surface area contributed by atoms with Crippen LogP contribution >= 0.6 is 0 Å². The van der Waals surface area contributed by atoms with Crippen molar-refractivity contribution in [3.8, 4) is 0 Å². The van der Waals surface area contributed by atoms with E-state index in [1.54, 1.807) is 48.5 Å². The molecule has 0 unspecified atom stereocenters. The van der Waals surface area contributed by atoms with Crippen molar-refractivity contribution >= 4 is 0 Å². The first kappa shape index (κ1) is 22.5. The van der Waals surface area contributed by atoms with Crippen molar-refractivity contribution in [2.24, 2.45) is 0 Å². The number of hydrogen-bond donors (Lipinski definition) is 6. The zero-order chi connectivity index (χ0) is 20.9. The molecule has 0 bridgehead atoms. The molecule has 0 aliphatic rings. The quantitative estimate of drug-likeness (QED) is 0.369. The molecular weight excluding hydrogens is 360 g/mol. The van der Waals surface area contributed by atoms with Gasteiger partial charge in [0.1, 0.15) is 30.0 Å². The Balaban J connectivity index is 2.31. The van der Waals surface area contributed by atoms with Gasteiger partial charge in [-0.15, -0.1) is 0 Å². The summed E-state index contributed by atoms with van der Waals surface area (Å²) in [6.07, 6.45) is -7.18. The summed E-state index contributed by atoms with van der Waals surface area (Å²) in [6, 6.07) is 18.0. The molecule has 2 rings (SSSR count). The van der Waals surface area contributed by atoms with Crippen LogP contribution in [0.5, 0.6) is 0 Å². The normalized spacial score (nSPS) is 17.0. The zero-order valence-electron chi connectivity index (χ0n) is 16.2. The zero-order valence-corrected chi connectivity index (χ0v) is 16.2. The van der Waals surface area contributed by atoms with Gasteiger partial charge in [0, 0.05) is 12.8 Å². The monoisotopic (exact) mass is 390 g/mol. The van der Waals surface area contributed by atoms with E-state index in [-0.39, 0.29) is 12.8 Å². The van der Waals surface area contributed by atoms with E-state index >= 15 is 0 Å². The van der Waals surface area contributed by atoms with Gasteiger partial charge < -0.3 is 30.6 Å². The summed E-state index contributed by atoms with van der Waals surface area (Å²) in [7, 11) is 0. The van der Waals surface area contributed by atoms with Crippen LogP contribution in [0, 0.1) is 0 Å². The molecule has 6 heteroatoms. The molecule has 4 atom stereocenters. The van der Waals surface area contributed by atoms with Gasteiger partial charge in [-0.25, -0.2) is 0 Å². The van der Waals surface area contributed by atoms with Crippen molar-refractivity contribution in [1.82, 2.24) is 0 Å². The summed E-state index contributed by atoms with van der Waals surface area (Å²) < 4.78 is 0. The predicted octanol–water partition coefficient (Wildman–Crippen LogP) is 0.417. The van der Waals surface area contributed by atoms with Crippen LogP contribution in [0.1, 0.15) is 25.0 Å². The molecule has 0 aliphatic carbocycles. The number of rotatable bonds is 9. The van der Waals surface area contributed by atoms with Crippen molar-refractivity contribution in [2.75, 3.05) is 0 Å². The number of benzene rings is 2. The summed E-state index contributed by atoms with van der Waals surface area (Å²) in [5.74, 6) is 0. The molecule has 0 aliphatic heterocycles. The Hall–Kier alpha value is -1.80. The predicted molar refractivity (Wildman–Crippen MR) is 106 cm³/mol. The van der Waals surface area contributed by atoms with Crippen LogP contribution in [-0.2, 0) is 12.8 Å². The Morgan fingerprint density at radius 3 is 1.36 bits per heavy atom. The number of hydrogen-bond acceptors (Lipinski definition) is 6. The van der Waals surface area contributed by atoms with Gasteiger partial charge >= 0.3 is 0 Å². The molecule has 2 aromatic carbocycles. The third-order valence-corrected chi connectivity index (χ3v) is 4.98. The second kappa shape index (κ2) is 9.13. The summed E-state index contributed by atoms with van der Waals surface area (Å²) in [4.78, 5) is 0. The Kier molecular flexibility index (Phi) is 7.33. The second-order valence-electron chi connectivity index (χ2n) is 7.95. The molecule has 2 aromatic rings. The maximum Gasteiger partial charge on any atom is 0.112 e. The Labute approximate surface area is 165 Å². The van der Waals surface area contributed by atoms with Crippen LogP contribution in [0.2, 0.25) is 0 Å². The fourth-order valence-electron chi connectivity index (χ4n) is 3.28. The van der Waals surface area contributed by atoms with Crippen LogP contribution < -0.4 is 0 Å². The molecule has 0 amide bonds. The van der Waals surface area contributed by atoms with Gasteiger partial charge in [-0.1, -0.05) is 60.7 Å². The first-order valence-electron chi connectivity index (χ1n) is 9.29. The van der Waals surface area contributed by atoms with Crippen molar-refractivity contribution in [3.63, 3.8) is 0 Å². The van der Waals surface area contributed by atoms with E-state index in [0.29, 0.717) is 0 Å². The van der Waals surface area contributed by atoms with E-state index in [1.165, 1.54) is 13.8 Å². The minimum absolute atomic E-state index is 0.0201. The third kappa shape index (κ3) is 5.61. The maximum absolute atomic E-state index is 11.3. The van der Waals surface area contributed by atoms with Crippen LogP contribution in [-0.4, -0.2) is 66.3 Å². The fourth-order valence-corrected chi connectivity index (χ4v) is 3.28. The molecule has 0 aromatic heterocycles. The number of aliphatic hydroxyl groups is 6. The highest BCUT2D eigenvalue weighted by molar-refractivity contribution is 5.23. The maximum atomic E-state index is 11.3. The SMILES string of the molecule is CC(C)(O)[C@@H](O)[C@@H](O)[C@H](O)[C@@H](O)C(O)(Cc1ccccc1)Cc1ccccc1. The van der Waals surface area contributed by atoms with E-state index in [0.717, 1.165) is 11.1 Å². The molecule has 0 radical (unpaired) electrons. The second-order valence-corrected chi connectivity index (χ2v) is 7.95. The molecule has 28 heavy (non-hydrogen) atoms. The van der Waals surface area contributed by atoms with Gasteiger partial charge in [-0.2, -0.15) is 0 Å². The van der Waals surface area contributed by atoms with E-state index in [2.05, 4.69) is 0 Å². The summed E-state index contributed by atoms with van der Waals surface area (Å²) in [5, 5.41) is 62.8. The van der Waals surface area contributed by atoms with Crippen LogP contribution in [0.4, 0.5) is 0 Å². The third-order valence-electron chi connectivity index (χ3n) is 4.98. The van der Waals surface area contributed by atoms with Crippen molar-refractivity contribution in [1.29, 1.82) is 0 Å². The molecular formula is C22H30O6. The smallest absolute Gasteiger partial charge is 0.112 e. The lowest BCUT2D eigenvalue weighted by Crippen LogP contribution is -2.60. The molecule has 0 fully saturated rings. The summed E-state index contributed by atoms with van der Waals surface area (Å²) in [6.45, 7) is 2.56. The number of aliphatic hydroxyl groups excluding tert-OH is 4. The van der Waals surface area contributed by atoms with E-state index in [1.807, 2.05) is 12.1 Å². The lowest BCUT2D eigenvalue weighted by atomic mass is 9.78. The van der Waals surface area contributed by atoms with Gasteiger partial charge in [-0.05, 0) is 25.0 Å². The average Bonchev–Trinajstić information content (AvgIpc) is 2.66. The van der Waals surface area contributed by atoms with Crippen molar-refractivity contribution in [3.05, 3.63) is 71.8 Å². The van der Waals surface area contributed by atoms with Crippen molar-refractivity contribution < 1.29 is 30.6 Å². The van der Waals surface area contributed by atoms with Gasteiger partial charge in [0.2, 0.25) is 0 Å². The minimum Gasteiger partial charge on any atom is -0.388 e. The van der Waals surface area contributed by atoms with Gasteiger partial charge in [0.15, 0.2) is 0 Å². The van der Waals surface area contributed by atoms with Crippen LogP contribution in [0.25, 0.3) is 0 Å². The topological polar surface area (TPSA) is 121 Å². The lowest BCUT2D eigenvalue weighted by molar-refractivity contribution is -0.191. The molecule has 6 N–H and O–H groups in total. The minimum atomic E-state index is -1.88. The lowest BCUT2D eigenvalue weighted by Gasteiger charge is -2.40. The highest BCUT2D eigenvalue weighted by Crippen LogP contribution is 2.28. The van der Waals surface area contributed by atoms with E-state index in [9.17, 15) is 30.6 Å². The molecule has 0 heterocycles. The molecule has 0 spiro atoms. The Morgan fingerprint density at radius 2 is 1.00 bits per heavy atom. The summed E-state index contributed by atoms with van der Waals surface area (Å²) in [5.41, 5.74) is -2.03. The fraction of sp³-hybridized carbons (Fsp3) is 0.455. The van der Waals surface area contributed by atoms with Crippen molar-refractivity contribution in [2.45, 2.75) is 62.3 Å². The molecule has 6 nitrogen and oxygen atoms in total. The van der Waals surface area contributed by atoms with Gasteiger partial charge in [-0.3, -0.25) is 0 Å². The Morgan fingerprint density at radius 1 is 0.643 bits per heavy atom. The molecule has 0 saturated carbocycles. The summed E-state index contributed by atoms with van der Waals surface area (Å²) >= 11 is 0. The van der Waals surface area contributed by atoms with Gasteiger partial charge in [0.05, 0.1) is 5.60 Å². The van der Waals surface area contributed by atoms with Crippen LogP contribution in [0.15, 0.2) is 60.7 Å². The largest absolute Gasteiger partial charge is 0.388 e. The Bertz CT molecular complexity index is 671.